The van der Waals surface area contributed by atoms with Crippen LogP contribution in [0.2, 0.25) is 0 Å². The molecule has 0 saturated heterocycles. The molecule has 0 bridgehead atoms. The summed E-state index contributed by atoms with van der Waals surface area (Å²) in [4.78, 5) is 24.4. The van der Waals surface area contributed by atoms with Crippen molar-refractivity contribution < 1.29 is 28.5 Å². The molecule has 1 atom stereocenters. The lowest BCUT2D eigenvalue weighted by Gasteiger charge is -2.22. The standard InChI is InChI=1S/C22H25NO6/c1-14(21(25)23-15-9-10-18-19(11-15)28-13-27-18)29-20(24)12-26-17-8-6-5-7-16(17)22(2,3)4/h5-11,14H,12-13H2,1-4H3,(H,23,25)/t14-/m1/s1. The Morgan fingerprint density at radius 2 is 1.83 bits per heavy atom. The number of fused-ring (bicyclic) bond motifs is 1. The van der Waals surface area contributed by atoms with Crippen molar-refractivity contribution in [3.63, 3.8) is 0 Å². The Balaban J connectivity index is 1.52. The van der Waals surface area contributed by atoms with Crippen molar-refractivity contribution in [3.8, 4) is 17.2 Å². The SMILES string of the molecule is C[C@@H](OC(=O)COc1ccccc1C(C)(C)C)C(=O)Nc1ccc2c(c1)OCO2. The zero-order valence-electron chi connectivity index (χ0n) is 17.0. The Morgan fingerprint density at radius 1 is 1.10 bits per heavy atom. The second-order valence-electron chi connectivity index (χ2n) is 7.72. The van der Waals surface area contributed by atoms with E-state index in [1.807, 2.05) is 24.3 Å². The number of rotatable bonds is 6. The number of anilines is 1. The smallest absolute Gasteiger partial charge is 0.344 e. The van der Waals surface area contributed by atoms with E-state index in [9.17, 15) is 9.59 Å². The highest BCUT2D eigenvalue weighted by Gasteiger charge is 2.22. The molecule has 1 amide bonds. The zero-order valence-corrected chi connectivity index (χ0v) is 17.0. The second-order valence-corrected chi connectivity index (χ2v) is 7.72. The lowest BCUT2D eigenvalue weighted by molar-refractivity contribution is -0.155. The van der Waals surface area contributed by atoms with Gasteiger partial charge in [-0.05, 0) is 36.1 Å². The van der Waals surface area contributed by atoms with Gasteiger partial charge in [0.15, 0.2) is 24.2 Å². The normalized spacial score (nSPS) is 13.5. The summed E-state index contributed by atoms with van der Waals surface area (Å²) in [6.45, 7) is 7.57. The van der Waals surface area contributed by atoms with Crippen molar-refractivity contribution in [2.24, 2.45) is 0 Å². The number of carbonyl (C=O) groups excluding carboxylic acids is 2. The van der Waals surface area contributed by atoms with Crippen molar-refractivity contribution >= 4 is 17.6 Å². The molecule has 1 heterocycles. The molecular formula is C22H25NO6. The van der Waals surface area contributed by atoms with Crippen LogP contribution in [0.3, 0.4) is 0 Å². The molecule has 3 rings (SSSR count). The van der Waals surface area contributed by atoms with E-state index in [2.05, 4.69) is 26.1 Å². The third-order valence-corrected chi connectivity index (χ3v) is 4.36. The first-order valence-corrected chi connectivity index (χ1v) is 9.36. The fraction of sp³-hybridized carbons (Fsp3) is 0.364. The van der Waals surface area contributed by atoms with Crippen molar-refractivity contribution in [3.05, 3.63) is 48.0 Å². The van der Waals surface area contributed by atoms with Crippen LogP contribution < -0.4 is 19.5 Å². The molecule has 1 aliphatic rings. The summed E-state index contributed by atoms with van der Waals surface area (Å²) in [7, 11) is 0. The lowest BCUT2D eigenvalue weighted by atomic mass is 9.86. The van der Waals surface area contributed by atoms with Gasteiger partial charge in [-0.1, -0.05) is 39.0 Å². The minimum atomic E-state index is -0.977. The highest BCUT2D eigenvalue weighted by atomic mass is 16.7. The molecular weight excluding hydrogens is 374 g/mol. The molecule has 2 aromatic rings. The summed E-state index contributed by atoms with van der Waals surface area (Å²) in [6.07, 6.45) is -0.977. The van der Waals surface area contributed by atoms with E-state index in [1.54, 1.807) is 18.2 Å². The summed E-state index contributed by atoms with van der Waals surface area (Å²) in [6, 6.07) is 12.6. The van der Waals surface area contributed by atoms with E-state index in [0.717, 1.165) is 5.56 Å². The molecule has 0 radical (unpaired) electrons. The van der Waals surface area contributed by atoms with Gasteiger partial charge in [0.2, 0.25) is 6.79 Å². The Bertz CT molecular complexity index is 902. The molecule has 0 aliphatic carbocycles. The maximum Gasteiger partial charge on any atom is 0.344 e. The van der Waals surface area contributed by atoms with E-state index >= 15 is 0 Å². The first kappa shape index (κ1) is 20.5. The molecule has 0 spiro atoms. The molecule has 7 nitrogen and oxygen atoms in total. The summed E-state index contributed by atoms with van der Waals surface area (Å²) in [5.74, 6) is 0.720. The fourth-order valence-electron chi connectivity index (χ4n) is 2.85. The van der Waals surface area contributed by atoms with Crippen molar-refractivity contribution in [1.29, 1.82) is 0 Å². The van der Waals surface area contributed by atoms with Gasteiger partial charge >= 0.3 is 5.97 Å². The monoisotopic (exact) mass is 399 g/mol. The number of benzene rings is 2. The van der Waals surface area contributed by atoms with Crippen LogP contribution in [-0.4, -0.2) is 31.4 Å². The highest BCUT2D eigenvalue weighted by Crippen LogP contribution is 2.34. The average molecular weight is 399 g/mol. The van der Waals surface area contributed by atoms with Crippen LogP contribution in [0.1, 0.15) is 33.3 Å². The summed E-state index contributed by atoms with van der Waals surface area (Å²) < 4.78 is 21.3. The number of para-hydroxylation sites is 1. The molecule has 1 N–H and O–H groups in total. The number of nitrogens with one attached hydrogen (secondary N) is 1. The first-order valence-electron chi connectivity index (χ1n) is 9.36. The Kier molecular flexibility index (Phi) is 5.96. The van der Waals surface area contributed by atoms with Crippen molar-refractivity contribution in [1.82, 2.24) is 0 Å². The van der Waals surface area contributed by atoms with Gasteiger partial charge in [0.1, 0.15) is 5.75 Å². The van der Waals surface area contributed by atoms with Gasteiger partial charge < -0.3 is 24.3 Å². The summed E-state index contributed by atoms with van der Waals surface area (Å²) >= 11 is 0. The Hall–Kier alpha value is -3.22. The second kappa shape index (κ2) is 8.43. The van der Waals surface area contributed by atoms with Gasteiger partial charge in [-0.2, -0.15) is 0 Å². The van der Waals surface area contributed by atoms with Gasteiger partial charge in [0.25, 0.3) is 5.91 Å². The van der Waals surface area contributed by atoms with Crippen LogP contribution in [0.4, 0.5) is 5.69 Å². The van der Waals surface area contributed by atoms with Crippen LogP contribution >= 0.6 is 0 Å². The third-order valence-electron chi connectivity index (χ3n) is 4.36. The van der Waals surface area contributed by atoms with Gasteiger partial charge in [0.05, 0.1) is 0 Å². The molecule has 154 valence electrons. The van der Waals surface area contributed by atoms with Crippen LogP contribution in [0.25, 0.3) is 0 Å². The molecule has 0 aromatic heterocycles. The largest absolute Gasteiger partial charge is 0.482 e. The number of carbonyl (C=O) groups is 2. The molecule has 0 unspecified atom stereocenters. The van der Waals surface area contributed by atoms with Crippen molar-refractivity contribution in [2.75, 3.05) is 18.7 Å². The maximum absolute atomic E-state index is 12.3. The molecule has 1 aliphatic heterocycles. The molecule has 29 heavy (non-hydrogen) atoms. The van der Waals surface area contributed by atoms with Crippen LogP contribution in [0, 0.1) is 0 Å². The number of amides is 1. The lowest BCUT2D eigenvalue weighted by Crippen LogP contribution is -2.31. The van der Waals surface area contributed by atoms with Crippen LogP contribution in [-0.2, 0) is 19.7 Å². The molecule has 2 aromatic carbocycles. The van der Waals surface area contributed by atoms with E-state index < -0.39 is 18.0 Å². The van der Waals surface area contributed by atoms with Crippen LogP contribution in [0.15, 0.2) is 42.5 Å². The van der Waals surface area contributed by atoms with Gasteiger partial charge in [-0.3, -0.25) is 4.79 Å². The first-order chi connectivity index (χ1) is 13.7. The highest BCUT2D eigenvalue weighted by molar-refractivity contribution is 5.95. The maximum atomic E-state index is 12.3. The van der Waals surface area contributed by atoms with Gasteiger partial charge in [-0.15, -0.1) is 0 Å². The average Bonchev–Trinajstić information content (AvgIpc) is 3.13. The van der Waals surface area contributed by atoms with Gasteiger partial charge in [-0.25, -0.2) is 4.79 Å². The summed E-state index contributed by atoms with van der Waals surface area (Å²) in [5, 5.41) is 2.69. The topological polar surface area (TPSA) is 83.1 Å². The van der Waals surface area contributed by atoms with Crippen molar-refractivity contribution in [2.45, 2.75) is 39.2 Å². The summed E-state index contributed by atoms with van der Waals surface area (Å²) in [5.41, 5.74) is 1.39. The predicted molar refractivity (Wildman–Crippen MR) is 107 cm³/mol. The minimum absolute atomic E-state index is 0.127. The Labute approximate surface area is 169 Å². The fourth-order valence-corrected chi connectivity index (χ4v) is 2.85. The van der Waals surface area contributed by atoms with E-state index in [4.69, 9.17) is 18.9 Å². The van der Waals surface area contributed by atoms with E-state index in [1.165, 1.54) is 6.92 Å². The molecule has 0 fully saturated rings. The van der Waals surface area contributed by atoms with Gasteiger partial charge in [0, 0.05) is 11.8 Å². The molecule has 7 heteroatoms. The predicted octanol–water partition coefficient (Wildman–Crippen LogP) is 3.66. The number of hydrogen-bond donors (Lipinski definition) is 1. The number of esters is 1. The van der Waals surface area contributed by atoms with E-state index in [0.29, 0.717) is 22.9 Å². The quantitative estimate of drug-likeness (QED) is 0.747. The number of ether oxygens (including phenoxy) is 4. The third kappa shape index (κ3) is 5.19. The molecule has 0 saturated carbocycles. The van der Waals surface area contributed by atoms with E-state index in [-0.39, 0.29) is 18.8 Å². The minimum Gasteiger partial charge on any atom is -0.482 e. The zero-order chi connectivity index (χ0) is 21.0. The van der Waals surface area contributed by atoms with Crippen LogP contribution in [0.5, 0.6) is 17.2 Å². The number of hydrogen-bond acceptors (Lipinski definition) is 6. The Morgan fingerprint density at radius 3 is 2.59 bits per heavy atom.